The Labute approximate surface area is 133 Å². The third-order valence-corrected chi connectivity index (χ3v) is 4.45. The molecule has 0 amide bonds. The second-order valence-corrected chi connectivity index (χ2v) is 6.19. The first-order valence-electron chi connectivity index (χ1n) is 8.44. The highest BCUT2D eigenvalue weighted by atomic mass is 16.7. The summed E-state index contributed by atoms with van der Waals surface area (Å²) >= 11 is 0. The zero-order chi connectivity index (χ0) is 15.2. The second-order valence-electron chi connectivity index (χ2n) is 6.19. The monoisotopic (exact) mass is 305 g/mol. The van der Waals surface area contributed by atoms with Gasteiger partial charge in [-0.05, 0) is 43.9 Å². The van der Waals surface area contributed by atoms with Crippen LogP contribution in [0.25, 0.3) is 0 Å². The number of nitrogens with zero attached hydrogens (tertiary/aromatic N) is 3. The molecule has 0 spiro atoms. The summed E-state index contributed by atoms with van der Waals surface area (Å²) in [6.45, 7) is 8.96. The van der Waals surface area contributed by atoms with Crippen LogP contribution in [0, 0.1) is 6.92 Å². The Balaban J connectivity index is 1.36. The van der Waals surface area contributed by atoms with E-state index in [0.717, 1.165) is 58.2 Å². The van der Waals surface area contributed by atoms with E-state index in [1.165, 1.54) is 18.4 Å². The van der Waals surface area contributed by atoms with Gasteiger partial charge in [0.25, 0.3) is 0 Å². The van der Waals surface area contributed by atoms with Gasteiger partial charge in [-0.15, -0.1) is 0 Å². The molecule has 0 N–H and O–H groups in total. The summed E-state index contributed by atoms with van der Waals surface area (Å²) in [4.78, 5) is 9.31. The zero-order valence-corrected chi connectivity index (χ0v) is 13.5. The minimum Gasteiger partial charge on any atom is -0.354 e. The van der Waals surface area contributed by atoms with E-state index in [-0.39, 0.29) is 6.29 Å². The van der Waals surface area contributed by atoms with Crippen molar-refractivity contribution in [2.45, 2.75) is 32.5 Å². The highest BCUT2D eigenvalue weighted by molar-refractivity contribution is 5.41. The molecule has 3 rings (SSSR count). The van der Waals surface area contributed by atoms with E-state index in [2.05, 4.69) is 27.8 Å². The first kappa shape index (κ1) is 15.7. The van der Waals surface area contributed by atoms with Crippen molar-refractivity contribution in [3.05, 3.63) is 23.9 Å². The van der Waals surface area contributed by atoms with Gasteiger partial charge in [0.1, 0.15) is 5.82 Å². The Morgan fingerprint density at radius 1 is 1.27 bits per heavy atom. The van der Waals surface area contributed by atoms with Gasteiger partial charge in [-0.1, -0.05) is 0 Å². The number of anilines is 1. The van der Waals surface area contributed by atoms with Crippen molar-refractivity contribution in [1.29, 1.82) is 0 Å². The molecule has 2 saturated heterocycles. The first-order valence-corrected chi connectivity index (χ1v) is 8.44. The fraction of sp³-hybridized carbons (Fsp3) is 0.706. The standard InChI is InChI=1S/C17H27N3O2/c1-15-5-6-18-16(14-15)20-9-7-19(8-10-20)11-13-22-17-4-2-3-12-21-17/h5-6,14,17H,2-4,7-13H2,1H3. The Morgan fingerprint density at radius 3 is 2.86 bits per heavy atom. The molecular weight excluding hydrogens is 278 g/mol. The molecule has 5 heteroatoms. The minimum atomic E-state index is 0.0338. The van der Waals surface area contributed by atoms with E-state index in [0.29, 0.717) is 0 Å². The van der Waals surface area contributed by atoms with Crippen LogP contribution in [-0.2, 0) is 9.47 Å². The molecule has 1 aromatic rings. The highest BCUT2D eigenvalue weighted by Gasteiger charge is 2.19. The van der Waals surface area contributed by atoms with Gasteiger partial charge in [-0.2, -0.15) is 0 Å². The Kier molecular flexibility index (Phi) is 5.64. The molecule has 1 unspecified atom stereocenters. The van der Waals surface area contributed by atoms with Crippen LogP contribution in [0.2, 0.25) is 0 Å². The average Bonchev–Trinajstić information content (AvgIpc) is 2.56. The summed E-state index contributed by atoms with van der Waals surface area (Å²) in [5.41, 5.74) is 1.27. The van der Waals surface area contributed by atoms with Gasteiger partial charge < -0.3 is 14.4 Å². The van der Waals surface area contributed by atoms with Gasteiger partial charge in [0.2, 0.25) is 0 Å². The number of pyridine rings is 1. The van der Waals surface area contributed by atoms with Crippen LogP contribution < -0.4 is 4.90 Å². The lowest BCUT2D eigenvalue weighted by molar-refractivity contribution is -0.164. The van der Waals surface area contributed by atoms with E-state index in [1.807, 2.05) is 12.3 Å². The first-order chi connectivity index (χ1) is 10.8. The Morgan fingerprint density at radius 2 is 2.14 bits per heavy atom. The second kappa shape index (κ2) is 7.90. The molecule has 22 heavy (non-hydrogen) atoms. The smallest absolute Gasteiger partial charge is 0.157 e. The summed E-state index contributed by atoms with van der Waals surface area (Å²) in [5.74, 6) is 1.10. The zero-order valence-electron chi connectivity index (χ0n) is 13.5. The molecular formula is C17H27N3O2. The SMILES string of the molecule is Cc1ccnc(N2CCN(CCOC3CCCCO3)CC2)c1. The highest BCUT2D eigenvalue weighted by Crippen LogP contribution is 2.15. The van der Waals surface area contributed by atoms with Gasteiger partial charge in [0, 0.05) is 45.5 Å². The lowest BCUT2D eigenvalue weighted by atomic mass is 10.2. The molecule has 0 bridgehead atoms. The number of hydrogen-bond acceptors (Lipinski definition) is 5. The molecule has 2 aliphatic heterocycles. The third kappa shape index (κ3) is 4.41. The Hall–Kier alpha value is -1.17. The predicted octanol–water partition coefficient (Wildman–Crippen LogP) is 2.06. The third-order valence-electron chi connectivity index (χ3n) is 4.45. The number of ether oxygens (including phenoxy) is 2. The van der Waals surface area contributed by atoms with Crippen molar-refractivity contribution >= 4 is 5.82 Å². The number of piperazine rings is 1. The van der Waals surface area contributed by atoms with Crippen LogP contribution in [0.4, 0.5) is 5.82 Å². The number of hydrogen-bond donors (Lipinski definition) is 0. The van der Waals surface area contributed by atoms with Gasteiger partial charge in [-0.25, -0.2) is 4.98 Å². The maximum atomic E-state index is 5.82. The van der Waals surface area contributed by atoms with E-state index in [9.17, 15) is 0 Å². The molecule has 0 aliphatic carbocycles. The molecule has 122 valence electrons. The number of aromatic nitrogens is 1. The molecule has 0 aromatic carbocycles. The van der Waals surface area contributed by atoms with Crippen LogP contribution in [0.5, 0.6) is 0 Å². The van der Waals surface area contributed by atoms with Crippen LogP contribution in [0.3, 0.4) is 0 Å². The van der Waals surface area contributed by atoms with Crippen molar-refractivity contribution in [3.63, 3.8) is 0 Å². The van der Waals surface area contributed by atoms with Crippen LogP contribution in [0.15, 0.2) is 18.3 Å². The normalized spacial score (nSPS) is 23.7. The maximum absolute atomic E-state index is 5.82. The lowest BCUT2D eigenvalue weighted by Crippen LogP contribution is -2.47. The molecule has 2 fully saturated rings. The van der Waals surface area contributed by atoms with Gasteiger partial charge >= 0.3 is 0 Å². The number of aryl methyl sites for hydroxylation is 1. The molecule has 1 aromatic heterocycles. The fourth-order valence-corrected chi connectivity index (χ4v) is 3.05. The van der Waals surface area contributed by atoms with Crippen molar-refractivity contribution in [2.75, 3.05) is 50.8 Å². The molecule has 3 heterocycles. The summed E-state index contributed by atoms with van der Waals surface area (Å²) in [6, 6.07) is 4.21. The molecule has 5 nitrogen and oxygen atoms in total. The van der Waals surface area contributed by atoms with Crippen molar-refractivity contribution < 1.29 is 9.47 Å². The summed E-state index contributed by atoms with van der Waals surface area (Å²) < 4.78 is 11.4. The number of rotatable bonds is 5. The van der Waals surface area contributed by atoms with E-state index in [4.69, 9.17) is 9.47 Å². The van der Waals surface area contributed by atoms with E-state index in [1.54, 1.807) is 0 Å². The van der Waals surface area contributed by atoms with Crippen molar-refractivity contribution in [3.8, 4) is 0 Å². The summed E-state index contributed by atoms with van der Waals surface area (Å²) in [7, 11) is 0. The quantitative estimate of drug-likeness (QED) is 0.832. The van der Waals surface area contributed by atoms with Crippen LogP contribution in [-0.4, -0.2) is 62.1 Å². The van der Waals surface area contributed by atoms with Crippen LogP contribution >= 0.6 is 0 Å². The summed E-state index contributed by atoms with van der Waals surface area (Å²) in [6.07, 6.45) is 5.38. The van der Waals surface area contributed by atoms with Crippen molar-refractivity contribution in [2.24, 2.45) is 0 Å². The van der Waals surface area contributed by atoms with Gasteiger partial charge in [-0.3, -0.25) is 4.90 Å². The topological polar surface area (TPSA) is 37.8 Å². The molecule has 1 atom stereocenters. The minimum absolute atomic E-state index is 0.0338. The van der Waals surface area contributed by atoms with Crippen LogP contribution in [0.1, 0.15) is 24.8 Å². The largest absolute Gasteiger partial charge is 0.354 e. The van der Waals surface area contributed by atoms with E-state index < -0.39 is 0 Å². The van der Waals surface area contributed by atoms with Gasteiger partial charge in [0.15, 0.2) is 6.29 Å². The predicted molar refractivity (Wildman–Crippen MR) is 87.2 cm³/mol. The van der Waals surface area contributed by atoms with E-state index >= 15 is 0 Å². The van der Waals surface area contributed by atoms with Crippen molar-refractivity contribution in [1.82, 2.24) is 9.88 Å². The molecule has 0 saturated carbocycles. The fourth-order valence-electron chi connectivity index (χ4n) is 3.05. The van der Waals surface area contributed by atoms with Gasteiger partial charge in [0.05, 0.1) is 6.61 Å². The Bertz CT molecular complexity index is 455. The average molecular weight is 305 g/mol. The summed E-state index contributed by atoms with van der Waals surface area (Å²) in [5, 5.41) is 0. The molecule has 0 radical (unpaired) electrons. The maximum Gasteiger partial charge on any atom is 0.157 e. The molecule has 2 aliphatic rings. The lowest BCUT2D eigenvalue weighted by Gasteiger charge is -2.35.